The number of nitrogens with zero attached hydrogens (tertiary/aromatic N) is 3. The Hall–Kier alpha value is -4.21. The lowest BCUT2D eigenvalue weighted by Crippen LogP contribution is -2.58. The largest absolute Gasteiger partial charge is 0.442 e. The van der Waals surface area contributed by atoms with Crippen LogP contribution in [-0.2, 0) is 19.7 Å². The maximum absolute atomic E-state index is 14.4. The summed E-state index contributed by atoms with van der Waals surface area (Å²) in [7, 11) is 0. The monoisotopic (exact) mass is 604 g/mol. The second-order valence-corrected chi connectivity index (χ2v) is 14.0. The topological polar surface area (TPSA) is 116 Å². The summed E-state index contributed by atoms with van der Waals surface area (Å²) >= 11 is 0. The maximum atomic E-state index is 14.4. The van der Waals surface area contributed by atoms with Gasteiger partial charge in [0, 0.05) is 11.1 Å². The molecule has 2 heterocycles. The van der Waals surface area contributed by atoms with Crippen LogP contribution in [0.4, 0.5) is 4.79 Å². The molecule has 2 aliphatic heterocycles. The average molecular weight is 605 g/mol. The van der Waals surface area contributed by atoms with Gasteiger partial charge in [0.25, 0.3) is 17.7 Å². The Labute approximate surface area is 259 Å². The quantitative estimate of drug-likeness (QED) is 0.516. The minimum Gasteiger partial charge on any atom is -0.442 e. The zero-order chi connectivity index (χ0) is 32.6. The van der Waals surface area contributed by atoms with Crippen LogP contribution in [0, 0.1) is 5.92 Å². The Bertz CT molecular complexity index is 1410. The maximum Gasteiger partial charge on any atom is 0.429 e. The fourth-order valence-corrected chi connectivity index (χ4v) is 5.59. The molecule has 0 aliphatic carbocycles. The molecule has 2 aromatic carbocycles. The van der Waals surface area contributed by atoms with Crippen molar-refractivity contribution >= 4 is 29.6 Å². The van der Waals surface area contributed by atoms with Gasteiger partial charge in [-0.3, -0.25) is 19.2 Å². The van der Waals surface area contributed by atoms with Crippen LogP contribution in [0.2, 0.25) is 0 Å². The predicted octanol–water partition coefficient (Wildman–Crippen LogP) is 4.59. The molecular weight excluding hydrogens is 560 g/mol. The molecule has 2 unspecified atom stereocenters. The lowest BCUT2D eigenvalue weighted by atomic mass is 9.86. The molecule has 10 heteroatoms. The van der Waals surface area contributed by atoms with Crippen molar-refractivity contribution in [3.8, 4) is 0 Å². The first-order valence-electron chi connectivity index (χ1n) is 15.1. The van der Waals surface area contributed by atoms with Crippen molar-refractivity contribution in [2.75, 3.05) is 13.1 Å². The van der Waals surface area contributed by atoms with E-state index in [-0.39, 0.29) is 42.5 Å². The highest BCUT2D eigenvalue weighted by molar-refractivity contribution is 6.04. The third-order valence-electron chi connectivity index (χ3n) is 7.74. The third kappa shape index (κ3) is 7.11. The van der Waals surface area contributed by atoms with Gasteiger partial charge < -0.3 is 15.0 Å². The standard InChI is InChI=1S/C34H44N4O6/c1-21(2)18-25(35-29(40)22-14-16-24(17-15-22)33(3,4)5)31(42)38-28-26(19-37(38)32(43)44-34(6,7)8)36(20-27(28)39)30(41)23-12-10-9-11-13-23/h9-17,21,25-26,28H,18-20H2,1-8H3,(H,35,40)/t25-,26?,28?/m0/s1. The molecule has 2 aliphatic rings. The van der Waals surface area contributed by atoms with Crippen molar-refractivity contribution in [2.45, 2.75) is 91.0 Å². The van der Waals surface area contributed by atoms with Crippen molar-refractivity contribution in [3.63, 3.8) is 0 Å². The van der Waals surface area contributed by atoms with Crippen molar-refractivity contribution in [1.82, 2.24) is 20.2 Å². The van der Waals surface area contributed by atoms with Crippen LogP contribution < -0.4 is 5.32 Å². The summed E-state index contributed by atoms with van der Waals surface area (Å²) in [6, 6.07) is 12.9. The van der Waals surface area contributed by atoms with E-state index < -0.39 is 41.6 Å². The number of benzene rings is 2. The van der Waals surface area contributed by atoms with Crippen LogP contribution in [0.25, 0.3) is 0 Å². The summed E-state index contributed by atoms with van der Waals surface area (Å²) in [5.41, 5.74) is 0.884. The van der Waals surface area contributed by atoms with Gasteiger partial charge in [0.2, 0.25) is 0 Å². The Balaban J connectivity index is 1.66. The Morgan fingerprint density at radius 3 is 2.07 bits per heavy atom. The molecule has 0 saturated carbocycles. The van der Waals surface area contributed by atoms with Gasteiger partial charge in [-0.25, -0.2) is 14.8 Å². The lowest BCUT2D eigenvalue weighted by molar-refractivity contribution is -0.152. The number of ketones is 1. The summed E-state index contributed by atoms with van der Waals surface area (Å²) in [6.45, 7) is 14.9. The molecule has 44 heavy (non-hydrogen) atoms. The molecule has 0 aromatic heterocycles. The van der Waals surface area contributed by atoms with Crippen molar-refractivity contribution in [1.29, 1.82) is 0 Å². The van der Waals surface area contributed by atoms with E-state index in [4.69, 9.17) is 4.74 Å². The number of hydrazine groups is 1. The van der Waals surface area contributed by atoms with E-state index in [0.29, 0.717) is 11.1 Å². The lowest BCUT2D eigenvalue weighted by Gasteiger charge is -2.35. The number of hydrogen-bond acceptors (Lipinski definition) is 6. The number of likely N-dealkylation sites (tertiary alicyclic amines) is 1. The van der Waals surface area contributed by atoms with Gasteiger partial charge in [-0.2, -0.15) is 0 Å². The number of ether oxygens (including phenoxy) is 1. The molecule has 0 bridgehead atoms. The SMILES string of the molecule is CC(C)C[C@H](NC(=O)c1ccc(C(C)(C)C)cc1)C(=O)N1C2C(=O)CN(C(=O)c3ccccc3)C2CN1C(=O)OC(C)(C)C. The van der Waals surface area contributed by atoms with Crippen LogP contribution in [0.3, 0.4) is 0 Å². The van der Waals surface area contributed by atoms with Crippen LogP contribution in [0.5, 0.6) is 0 Å². The molecule has 2 aromatic rings. The molecular formula is C34H44N4O6. The average Bonchev–Trinajstić information content (AvgIpc) is 3.48. The third-order valence-corrected chi connectivity index (χ3v) is 7.74. The molecule has 0 spiro atoms. The second-order valence-electron chi connectivity index (χ2n) is 14.0. The molecule has 0 radical (unpaired) electrons. The van der Waals surface area contributed by atoms with E-state index in [1.165, 1.54) is 4.90 Å². The minimum atomic E-state index is -1.10. The molecule has 2 saturated heterocycles. The van der Waals surface area contributed by atoms with E-state index in [0.717, 1.165) is 15.6 Å². The number of fused-ring (bicyclic) bond motifs is 1. The Morgan fingerprint density at radius 2 is 1.52 bits per heavy atom. The van der Waals surface area contributed by atoms with Crippen molar-refractivity contribution < 1.29 is 28.7 Å². The van der Waals surface area contributed by atoms with E-state index in [1.807, 2.05) is 26.0 Å². The molecule has 2 fully saturated rings. The highest BCUT2D eigenvalue weighted by Crippen LogP contribution is 2.33. The van der Waals surface area contributed by atoms with E-state index in [2.05, 4.69) is 26.1 Å². The van der Waals surface area contributed by atoms with Crippen LogP contribution >= 0.6 is 0 Å². The van der Waals surface area contributed by atoms with E-state index >= 15 is 0 Å². The van der Waals surface area contributed by atoms with Crippen LogP contribution in [0.1, 0.15) is 88.1 Å². The Morgan fingerprint density at radius 1 is 0.909 bits per heavy atom. The van der Waals surface area contributed by atoms with Gasteiger partial charge in [-0.05, 0) is 68.4 Å². The minimum absolute atomic E-state index is 0.00340. The Kier molecular flexibility index (Phi) is 9.23. The van der Waals surface area contributed by atoms with Gasteiger partial charge in [0.05, 0.1) is 19.1 Å². The fourth-order valence-electron chi connectivity index (χ4n) is 5.59. The number of Topliss-reactive ketones (excluding diaryl/α,β-unsaturated/α-hetero) is 1. The fraction of sp³-hybridized carbons (Fsp3) is 0.500. The molecule has 4 amide bonds. The summed E-state index contributed by atoms with van der Waals surface area (Å²) in [4.78, 5) is 69.6. The smallest absolute Gasteiger partial charge is 0.429 e. The number of amides is 4. The van der Waals surface area contributed by atoms with Gasteiger partial charge in [-0.15, -0.1) is 0 Å². The van der Waals surface area contributed by atoms with Gasteiger partial charge in [-0.1, -0.05) is 65.0 Å². The first-order chi connectivity index (χ1) is 20.5. The number of rotatable bonds is 6. The second kappa shape index (κ2) is 12.4. The van der Waals surface area contributed by atoms with Crippen molar-refractivity contribution in [2.24, 2.45) is 5.92 Å². The van der Waals surface area contributed by atoms with Gasteiger partial charge >= 0.3 is 6.09 Å². The highest BCUT2D eigenvalue weighted by atomic mass is 16.6. The number of nitrogens with one attached hydrogen (secondary N) is 1. The summed E-state index contributed by atoms with van der Waals surface area (Å²) < 4.78 is 5.62. The normalized spacial score (nSPS) is 19.2. The number of carbonyl (C=O) groups excluding carboxylic acids is 5. The predicted molar refractivity (Wildman–Crippen MR) is 166 cm³/mol. The highest BCUT2D eigenvalue weighted by Gasteiger charge is 2.58. The van der Waals surface area contributed by atoms with Gasteiger partial charge in [0.1, 0.15) is 17.7 Å². The zero-order valence-electron chi connectivity index (χ0n) is 26.9. The van der Waals surface area contributed by atoms with Crippen LogP contribution in [0.15, 0.2) is 54.6 Å². The van der Waals surface area contributed by atoms with E-state index in [9.17, 15) is 24.0 Å². The van der Waals surface area contributed by atoms with Crippen molar-refractivity contribution in [3.05, 3.63) is 71.3 Å². The number of carbonyl (C=O) groups is 5. The molecule has 3 atom stereocenters. The first-order valence-corrected chi connectivity index (χ1v) is 15.1. The van der Waals surface area contributed by atoms with E-state index in [1.54, 1.807) is 63.2 Å². The first kappa shape index (κ1) is 32.7. The summed E-state index contributed by atoms with van der Waals surface area (Å²) in [5, 5.41) is 5.10. The van der Waals surface area contributed by atoms with Crippen LogP contribution in [-0.4, -0.2) is 81.3 Å². The van der Waals surface area contributed by atoms with Gasteiger partial charge in [0.15, 0.2) is 5.78 Å². The molecule has 1 N–H and O–H groups in total. The zero-order valence-corrected chi connectivity index (χ0v) is 26.9. The molecule has 236 valence electrons. The molecule has 10 nitrogen and oxygen atoms in total. The number of hydrogen-bond donors (Lipinski definition) is 1. The molecule has 4 rings (SSSR count). The summed E-state index contributed by atoms with van der Waals surface area (Å²) in [6.07, 6.45) is -0.547. The summed E-state index contributed by atoms with van der Waals surface area (Å²) in [5.74, 6) is -1.79.